The second-order valence-corrected chi connectivity index (χ2v) is 7.06. The average molecular weight is 409 g/mol. The summed E-state index contributed by atoms with van der Waals surface area (Å²) >= 11 is 0. The van der Waals surface area contributed by atoms with E-state index in [0.717, 1.165) is 44.6 Å². The summed E-state index contributed by atoms with van der Waals surface area (Å²) in [6.45, 7) is 3.68. The number of rotatable bonds is 3. The van der Waals surface area contributed by atoms with Crippen molar-refractivity contribution in [1.29, 1.82) is 0 Å². The van der Waals surface area contributed by atoms with E-state index in [1.165, 1.54) is 0 Å². The lowest BCUT2D eigenvalue weighted by Gasteiger charge is -2.30. The van der Waals surface area contributed by atoms with E-state index >= 15 is 0 Å². The van der Waals surface area contributed by atoms with Crippen molar-refractivity contribution in [3.63, 3.8) is 0 Å². The number of hydrogen-bond donors (Lipinski definition) is 1. The molecule has 29 heavy (non-hydrogen) atoms. The molecule has 0 bridgehead atoms. The molecular formula is C18H22F3N7O. The molecule has 4 rings (SSSR count). The van der Waals surface area contributed by atoms with Crippen molar-refractivity contribution in [2.75, 3.05) is 54.9 Å². The smallest absolute Gasteiger partial charge is 0.384 e. The van der Waals surface area contributed by atoms with Crippen LogP contribution in [0.25, 0.3) is 11.4 Å². The van der Waals surface area contributed by atoms with Crippen LogP contribution in [0.15, 0.2) is 12.3 Å². The first-order valence-corrected chi connectivity index (χ1v) is 9.58. The summed E-state index contributed by atoms with van der Waals surface area (Å²) in [5.74, 6) is 0.478. The Morgan fingerprint density at radius 1 is 0.897 bits per heavy atom. The van der Waals surface area contributed by atoms with Crippen LogP contribution in [0.5, 0.6) is 0 Å². The normalized spacial score (nSPS) is 18.2. The molecule has 2 N–H and O–H groups in total. The van der Waals surface area contributed by atoms with Gasteiger partial charge in [0.25, 0.3) is 0 Å². The van der Waals surface area contributed by atoms with Crippen LogP contribution in [0.2, 0.25) is 0 Å². The molecule has 11 heteroatoms. The van der Waals surface area contributed by atoms with E-state index in [0.29, 0.717) is 38.2 Å². The molecular weight excluding hydrogens is 387 g/mol. The van der Waals surface area contributed by atoms with Crippen molar-refractivity contribution in [2.45, 2.75) is 25.4 Å². The summed E-state index contributed by atoms with van der Waals surface area (Å²) in [5, 5.41) is 0. The molecule has 0 spiro atoms. The number of pyridine rings is 1. The summed E-state index contributed by atoms with van der Waals surface area (Å²) in [4.78, 5) is 21.1. The Hall–Kier alpha value is -2.69. The van der Waals surface area contributed by atoms with Gasteiger partial charge in [0.15, 0.2) is 5.82 Å². The second-order valence-electron chi connectivity index (χ2n) is 7.06. The zero-order chi connectivity index (χ0) is 20.4. The number of morpholine rings is 1. The Balaban J connectivity index is 1.82. The predicted octanol–water partition coefficient (Wildman–Crippen LogP) is 2.36. The molecule has 4 heterocycles. The number of nitrogens with zero attached hydrogens (tertiary/aromatic N) is 6. The summed E-state index contributed by atoms with van der Waals surface area (Å²) < 4.78 is 46.3. The first-order valence-electron chi connectivity index (χ1n) is 9.58. The van der Waals surface area contributed by atoms with Crippen LogP contribution >= 0.6 is 0 Å². The lowest BCUT2D eigenvalue weighted by molar-refractivity contribution is -0.137. The van der Waals surface area contributed by atoms with E-state index in [1.807, 2.05) is 9.80 Å². The van der Waals surface area contributed by atoms with Crippen LogP contribution in [-0.4, -0.2) is 59.3 Å². The fourth-order valence-corrected chi connectivity index (χ4v) is 3.50. The Morgan fingerprint density at radius 2 is 1.52 bits per heavy atom. The number of ether oxygens (including phenoxy) is 1. The molecule has 0 atom stereocenters. The number of nitrogen functional groups attached to an aromatic ring is 1. The zero-order valence-electron chi connectivity index (χ0n) is 15.8. The molecule has 8 nitrogen and oxygen atoms in total. The van der Waals surface area contributed by atoms with Crippen LogP contribution in [-0.2, 0) is 10.9 Å². The van der Waals surface area contributed by atoms with Gasteiger partial charge in [0.1, 0.15) is 5.82 Å². The minimum absolute atomic E-state index is 0.0538. The number of aromatic nitrogens is 4. The predicted molar refractivity (Wildman–Crippen MR) is 102 cm³/mol. The molecule has 2 saturated heterocycles. The monoisotopic (exact) mass is 409 g/mol. The third-order valence-electron chi connectivity index (χ3n) is 5.02. The van der Waals surface area contributed by atoms with Gasteiger partial charge in [0.2, 0.25) is 11.9 Å². The topological polar surface area (TPSA) is 93.3 Å². The SMILES string of the molecule is Nc1cc(C(F)(F)F)c(-c2nc(N3CCCCC3)nc(N3CCOCC3)n2)cn1. The lowest BCUT2D eigenvalue weighted by Crippen LogP contribution is -2.38. The lowest BCUT2D eigenvalue weighted by atomic mass is 10.1. The summed E-state index contributed by atoms with van der Waals surface area (Å²) in [7, 11) is 0. The Labute approximate surface area is 165 Å². The average Bonchev–Trinajstić information content (AvgIpc) is 2.74. The molecule has 2 aliphatic heterocycles. The molecule has 0 amide bonds. The highest BCUT2D eigenvalue weighted by atomic mass is 19.4. The Kier molecular flexibility index (Phi) is 5.39. The van der Waals surface area contributed by atoms with Gasteiger partial charge in [-0.3, -0.25) is 0 Å². The Bertz CT molecular complexity index is 829. The van der Waals surface area contributed by atoms with Crippen molar-refractivity contribution in [1.82, 2.24) is 19.9 Å². The number of anilines is 3. The van der Waals surface area contributed by atoms with Crippen molar-refractivity contribution in [2.24, 2.45) is 0 Å². The van der Waals surface area contributed by atoms with E-state index in [2.05, 4.69) is 19.9 Å². The van der Waals surface area contributed by atoms with Gasteiger partial charge in [0, 0.05) is 32.4 Å². The number of piperidine rings is 1. The molecule has 2 aliphatic rings. The molecule has 0 aromatic carbocycles. The highest BCUT2D eigenvalue weighted by molar-refractivity contribution is 5.64. The third-order valence-corrected chi connectivity index (χ3v) is 5.02. The molecule has 2 aromatic rings. The van der Waals surface area contributed by atoms with Gasteiger partial charge < -0.3 is 20.3 Å². The molecule has 0 radical (unpaired) electrons. The number of nitrogens with two attached hydrogens (primary N) is 1. The standard InChI is InChI=1S/C18H22F3N7O/c19-18(20,21)13-10-14(22)23-11-12(13)15-24-16(27-4-2-1-3-5-27)26-17(25-15)28-6-8-29-9-7-28/h10-11H,1-9H2,(H2,22,23). The molecule has 2 fully saturated rings. The molecule has 156 valence electrons. The van der Waals surface area contributed by atoms with Gasteiger partial charge in [-0.25, -0.2) is 4.98 Å². The maximum Gasteiger partial charge on any atom is 0.417 e. The van der Waals surface area contributed by atoms with E-state index in [1.54, 1.807) is 0 Å². The Morgan fingerprint density at radius 3 is 2.14 bits per heavy atom. The zero-order valence-corrected chi connectivity index (χ0v) is 15.8. The van der Waals surface area contributed by atoms with Gasteiger partial charge in [-0.1, -0.05) is 0 Å². The first kappa shape index (κ1) is 19.6. The highest BCUT2D eigenvalue weighted by Crippen LogP contribution is 2.37. The molecule has 2 aromatic heterocycles. The second kappa shape index (κ2) is 7.97. The van der Waals surface area contributed by atoms with Gasteiger partial charge >= 0.3 is 6.18 Å². The molecule has 0 unspecified atom stereocenters. The minimum atomic E-state index is -4.61. The maximum absolute atomic E-state index is 13.6. The van der Waals surface area contributed by atoms with Crippen LogP contribution in [0.3, 0.4) is 0 Å². The van der Waals surface area contributed by atoms with E-state index in [-0.39, 0.29) is 17.2 Å². The number of hydrogen-bond acceptors (Lipinski definition) is 8. The van der Waals surface area contributed by atoms with E-state index in [9.17, 15) is 13.2 Å². The summed E-state index contributed by atoms with van der Waals surface area (Å²) in [6, 6.07) is 0.814. The van der Waals surface area contributed by atoms with Gasteiger partial charge in [-0.15, -0.1) is 0 Å². The van der Waals surface area contributed by atoms with Crippen molar-refractivity contribution < 1.29 is 17.9 Å². The molecule has 0 aliphatic carbocycles. The van der Waals surface area contributed by atoms with E-state index < -0.39 is 11.7 Å². The maximum atomic E-state index is 13.6. The fraction of sp³-hybridized carbons (Fsp3) is 0.556. The summed E-state index contributed by atoms with van der Waals surface area (Å²) in [5.41, 5.74) is 4.39. The molecule has 0 saturated carbocycles. The van der Waals surface area contributed by atoms with Crippen molar-refractivity contribution >= 4 is 17.7 Å². The largest absolute Gasteiger partial charge is 0.417 e. The summed E-state index contributed by atoms with van der Waals surface area (Å²) in [6.07, 6.45) is -0.429. The van der Waals surface area contributed by atoms with Crippen LogP contribution in [0.4, 0.5) is 30.9 Å². The van der Waals surface area contributed by atoms with Crippen molar-refractivity contribution in [3.05, 3.63) is 17.8 Å². The van der Waals surface area contributed by atoms with E-state index in [4.69, 9.17) is 10.5 Å². The quantitative estimate of drug-likeness (QED) is 0.826. The van der Waals surface area contributed by atoms with Crippen LogP contribution in [0.1, 0.15) is 24.8 Å². The van der Waals surface area contributed by atoms with Crippen LogP contribution in [0, 0.1) is 0 Å². The van der Waals surface area contributed by atoms with Gasteiger partial charge in [0.05, 0.1) is 24.3 Å². The van der Waals surface area contributed by atoms with Crippen LogP contribution < -0.4 is 15.5 Å². The third kappa shape index (κ3) is 4.34. The van der Waals surface area contributed by atoms with Crippen molar-refractivity contribution in [3.8, 4) is 11.4 Å². The number of halogens is 3. The minimum Gasteiger partial charge on any atom is -0.384 e. The highest BCUT2D eigenvalue weighted by Gasteiger charge is 2.35. The van der Waals surface area contributed by atoms with Gasteiger partial charge in [-0.2, -0.15) is 28.1 Å². The number of alkyl halides is 3. The first-order chi connectivity index (χ1) is 13.9. The fourth-order valence-electron chi connectivity index (χ4n) is 3.50. The van der Waals surface area contributed by atoms with Gasteiger partial charge in [-0.05, 0) is 25.3 Å².